The summed E-state index contributed by atoms with van der Waals surface area (Å²) < 4.78 is 0. The van der Waals surface area contributed by atoms with Crippen molar-refractivity contribution >= 4 is 5.97 Å². The van der Waals surface area contributed by atoms with Gasteiger partial charge in [0.15, 0.2) is 0 Å². The minimum Gasteiger partial charge on any atom is -0.478 e. The average Bonchev–Trinajstić information content (AvgIpc) is 2.19. The van der Waals surface area contributed by atoms with Crippen LogP contribution in [0.5, 0.6) is 0 Å². The Hall–Kier alpha value is -1.57. The zero-order chi connectivity index (χ0) is 13.2. The Bertz CT molecular complexity index is 450. The van der Waals surface area contributed by atoms with Gasteiger partial charge in [0.2, 0.25) is 0 Å². The summed E-state index contributed by atoms with van der Waals surface area (Å²) in [6.07, 6.45) is 0.408. The van der Waals surface area contributed by atoms with E-state index >= 15 is 0 Å². The molecule has 0 spiro atoms. The molecule has 0 fully saturated rings. The van der Waals surface area contributed by atoms with E-state index in [2.05, 4.69) is 39.5 Å². The molecule has 0 amide bonds. The van der Waals surface area contributed by atoms with Gasteiger partial charge in [-0.1, -0.05) is 45.5 Å². The second kappa shape index (κ2) is 4.74. The Morgan fingerprint density at radius 2 is 1.94 bits per heavy atom. The Labute approximate surface area is 103 Å². The molecule has 0 atom stereocenters. The first-order valence-corrected chi connectivity index (χ1v) is 5.73. The summed E-state index contributed by atoms with van der Waals surface area (Å²) in [6, 6.07) is 6.20. The highest BCUT2D eigenvalue weighted by molar-refractivity contribution is 5.86. The predicted octanol–water partition coefficient (Wildman–Crippen LogP) is 3.48. The van der Waals surface area contributed by atoms with Gasteiger partial charge in [0.1, 0.15) is 0 Å². The highest BCUT2D eigenvalue weighted by Gasteiger charge is 2.15. The lowest BCUT2D eigenvalue weighted by atomic mass is 9.85. The van der Waals surface area contributed by atoms with Gasteiger partial charge in [0.05, 0.1) is 0 Å². The zero-order valence-corrected chi connectivity index (χ0v) is 11.0. The van der Waals surface area contributed by atoms with Gasteiger partial charge in [-0.2, -0.15) is 0 Å². The number of aliphatic carboxylic acids is 1. The number of hydrogen-bond donors (Lipinski definition) is 1. The zero-order valence-electron chi connectivity index (χ0n) is 11.0. The van der Waals surface area contributed by atoms with Crippen molar-refractivity contribution in [1.29, 1.82) is 0 Å². The predicted molar refractivity (Wildman–Crippen MR) is 70.4 cm³/mol. The lowest BCUT2D eigenvalue weighted by Crippen LogP contribution is -2.12. The number of benzene rings is 1. The van der Waals surface area contributed by atoms with E-state index in [0.717, 1.165) is 11.1 Å². The molecule has 0 saturated carbocycles. The highest BCUT2D eigenvalue weighted by atomic mass is 16.4. The van der Waals surface area contributed by atoms with Gasteiger partial charge in [-0.15, -0.1) is 0 Å². The molecule has 1 N–H and O–H groups in total. The third-order valence-electron chi connectivity index (χ3n) is 2.91. The lowest BCUT2D eigenvalue weighted by Gasteiger charge is -2.20. The lowest BCUT2D eigenvalue weighted by molar-refractivity contribution is -0.132. The van der Waals surface area contributed by atoms with Crippen LogP contribution in [0.2, 0.25) is 0 Å². The van der Waals surface area contributed by atoms with Crippen LogP contribution in [-0.2, 0) is 16.6 Å². The molecule has 2 heteroatoms. The first-order chi connectivity index (χ1) is 7.71. The normalized spacial score (nSPS) is 11.3. The standard InChI is InChI=1S/C15H20O2/c1-10-9-13(15(3,4)5)7-6-12(10)8-11(2)14(16)17/h6-7,9H,2,8H2,1,3-5H3,(H,16,17). The van der Waals surface area contributed by atoms with Crippen molar-refractivity contribution in [3.05, 3.63) is 47.0 Å². The molecule has 0 aliphatic rings. The third-order valence-corrected chi connectivity index (χ3v) is 2.91. The topological polar surface area (TPSA) is 37.3 Å². The van der Waals surface area contributed by atoms with Crippen LogP contribution in [0.4, 0.5) is 0 Å². The van der Waals surface area contributed by atoms with Gasteiger partial charge in [-0.05, 0) is 29.0 Å². The Morgan fingerprint density at radius 1 is 1.35 bits per heavy atom. The molecule has 0 saturated heterocycles. The molecule has 0 radical (unpaired) electrons. The molecule has 1 aromatic rings. The van der Waals surface area contributed by atoms with Crippen molar-refractivity contribution in [2.24, 2.45) is 0 Å². The number of carbonyl (C=O) groups is 1. The number of aryl methyl sites for hydroxylation is 1. The fourth-order valence-electron chi connectivity index (χ4n) is 1.67. The fraction of sp³-hybridized carbons (Fsp3) is 0.400. The maximum Gasteiger partial charge on any atom is 0.331 e. The molecule has 0 aliphatic carbocycles. The molecule has 2 nitrogen and oxygen atoms in total. The van der Waals surface area contributed by atoms with Crippen LogP contribution >= 0.6 is 0 Å². The number of carboxylic acids is 1. The first kappa shape index (κ1) is 13.5. The van der Waals surface area contributed by atoms with E-state index in [1.54, 1.807) is 0 Å². The molecular formula is C15H20O2. The quantitative estimate of drug-likeness (QED) is 0.810. The van der Waals surface area contributed by atoms with Crippen molar-refractivity contribution in [3.8, 4) is 0 Å². The Morgan fingerprint density at radius 3 is 2.35 bits per heavy atom. The summed E-state index contributed by atoms with van der Waals surface area (Å²) in [4.78, 5) is 10.7. The molecule has 0 bridgehead atoms. The monoisotopic (exact) mass is 232 g/mol. The third kappa shape index (κ3) is 3.45. The van der Waals surface area contributed by atoms with Crippen molar-refractivity contribution in [2.75, 3.05) is 0 Å². The van der Waals surface area contributed by atoms with Gasteiger partial charge in [-0.3, -0.25) is 0 Å². The van der Waals surface area contributed by atoms with Crippen molar-refractivity contribution in [2.45, 2.75) is 39.5 Å². The van der Waals surface area contributed by atoms with Crippen molar-refractivity contribution in [3.63, 3.8) is 0 Å². The van der Waals surface area contributed by atoms with E-state index in [-0.39, 0.29) is 11.0 Å². The van der Waals surface area contributed by atoms with Gasteiger partial charge < -0.3 is 5.11 Å². The molecule has 0 unspecified atom stereocenters. The summed E-state index contributed by atoms with van der Waals surface area (Å²) in [5.41, 5.74) is 3.77. The molecule has 1 aromatic carbocycles. The van der Waals surface area contributed by atoms with E-state index in [4.69, 9.17) is 5.11 Å². The van der Waals surface area contributed by atoms with E-state index in [0.29, 0.717) is 6.42 Å². The minimum atomic E-state index is -0.927. The van der Waals surface area contributed by atoms with Crippen molar-refractivity contribution in [1.82, 2.24) is 0 Å². The number of carboxylic acid groups (broad SMARTS) is 1. The van der Waals surface area contributed by atoms with Crippen LogP contribution < -0.4 is 0 Å². The van der Waals surface area contributed by atoms with E-state index in [1.807, 2.05) is 13.0 Å². The van der Waals surface area contributed by atoms with Gasteiger partial charge >= 0.3 is 5.97 Å². The summed E-state index contributed by atoms with van der Waals surface area (Å²) >= 11 is 0. The number of hydrogen-bond acceptors (Lipinski definition) is 1. The summed E-state index contributed by atoms with van der Waals surface area (Å²) in [5, 5.41) is 8.82. The van der Waals surface area contributed by atoms with Crippen molar-refractivity contribution < 1.29 is 9.90 Å². The van der Waals surface area contributed by atoms with E-state index in [1.165, 1.54) is 5.56 Å². The summed E-state index contributed by atoms with van der Waals surface area (Å²) in [7, 11) is 0. The van der Waals surface area contributed by atoms with Gasteiger partial charge in [-0.25, -0.2) is 4.79 Å². The van der Waals surface area contributed by atoms with Crippen LogP contribution in [0, 0.1) is 6.92 Å². The van der Waals surface area contributed by atoms with Crippen LogP contribution in [0.3, 0.4) is 0 Å². The van der Waals surface area contributed by atoms with Gasteiger partial charge in [0, 0.05) is 12.0 Å². The molecule has 0 heterocycles. The molecule has 0 aromatic heterocycles. The Kier molecular flexibility index (Phi) is 3.76. The van der Waals surface area contributed by atoms with E-state index in [9.17, 15) is 4.79 Å². The van der Waals surface area contributed by atoms with Crippen LogP contribution in [-0.4, -0.2) is 11.1 Å². The maximum absolute atomic E-state index is 10.7. The highest BCUT2D eigenvalue weighted by Crippen LogP contribution is 2.25. The minimum absolute atomic E-state index is 0.118. The molecule has 92 valence electrons. The smallest absolute Gasteiger partial charge is 0.331 e. The first-order valence-electron chi connectivity index (χ1n) is 5.73. The van der Waals surface area contributed by atoms with Crippen LogP contribution in [0.1, 0.15) is 37.5 Å². The molecule has 1 rings (SSSR count). The molecule has 0 aliphatic heterocycles. The van der Waals surface area contributed by atoms with Gasteiger partial charge in [0.25, 0.3) is 0 Å². The Balaban J connectivity index is 2.99. The summed E-state index contributed by atoms with van der Waals surface area (Å²) in [5.74, 6) is -0.927. The number of rotatable bonds is 3. The SMILES string of the molecule is C=C(Cc1ccc(C(C)(C)C)cc1C)C(=O)O. The molecule has 17 heavy (non-hydrogen) atoms. The fourth-order valence-corrected chi connectivity index (χ4v) is 1.67. The second-order valence-electron chi connectivity index (χ2n) is 5.48. The second-order valence-corrected chi connectivity index (χ2v) is 5.48. The largest absolute Gasteiger partial charge is 0.478 e. The average molecular weight is 232 g/mol. The van der Waals surface area contributed by atoms with Crippen LogP contribution in [0.25, 0.3) is 0 Å². The van der Waals surface area contributed by atoms with E-state index < -0.39 is 5.97 Å². The van der Waals surface area contributed by atoms with Crippen LogP contribution in [0.15, 0.2) is 30.4 Å². The summed E-state index contributed by atoms with van der Waals surface area (Å²) in [6.45, 7) is 12.1. The maximum atomic E-state index is 10.7. The molecular weight excluding hydrogens is 212 g/mol.